The van der Waals surface area contributed by atoms with Crippen molar-refractivity contribution < 1.29 is 19.1 Å². The Morgan fingerprint density at radius 2 is 1.63 bits per heavy atom. The van der Waals surface area contributed by atoms with Gasteiger partial charge in [0.25, 0.3) is 0 Å². The van der Waals surface area contributed by atoms with E-state index in [0.29, 0.717) is 17.2 Å². The molecule has 6 heteroatoms. The fraction of sp³-hybridized carbons (Fsp3) is 0.375. The maximum atomic E-state index is 12.6. The summed E-state index contributed by atoms with van der Waals surface area (Å²) in [5.41, 5.74) is 1.69. The molecule has 0 spiro atoms. The van der Waals surface area contributed by atoms with Crippen molar-refractivity contribution in [2.24, 2.45) is 11.8 Å². The number of anilines is 1. The summed E-state index contributed by atoms with van der Waals surface area (Å²) in [4.78, 5) is 38.9. The van der Waals surface area contributed by atoms with Crippen LogP contribution in [0, 0.1) is 18.8 Å². The number of likely N-dealkylation sites (tertiary alicyclic amines) is 1. The molecule has 1 N–H and O–H groups in total. The van der Waals surface area contributed by atoms with E-state index < -0.39 is 0 Å². The standard InChI is InChI=1S/C24H26N2O4/c1-16-10-12-17(13-11-16)30-21-9-5-4-8-20(21)25-22(27)14-15-26-23(28)18-6-2-3-7-19(18)24(26)29/h4-5,8-13,18-19H,2-3,6-7,14-15H2,1H3,(H,25,27)/t18-,19+. The summed E-state index contributed by atoms with van der Waals surface area (Å²) in [6.45, 7) is 2.13. The molecule has 1 aliphatic carbocycles. The highest BCUT2D eigenvalue weighted by atomic mass is 16.5. The third-order valence-electron chi connectivity index (χ3n) is 5.90. The van der Waals surface area contributed by atoms with E-state index in [2.05, 4.69) is 5.32 Å². The highest BCUT2D eigenvalue weighted by Gasteiger charge is 2.47. The first kappa shape index (κ1) is 20.1. The van der Waals surface area contributed by atoms with Gasteiger partial charge in [-0.15, -0.1) is 0 Å². The number of ether oxygens (including phenoxy) is 1. The first-order valence-corrected chi connectivity index (χ1v) is 10.5. The highest BCUT2D eigenvalue weighted by Crippen LogP contribution is 2.38. The van der Waals surface area contributed by atoms with Gasteiger partial charge in [-0.05, 0) is 44.0 Å². The molecule has 6 nitrogen and oxygen atoms in total. The number of benzene rings is 2. The van der Waals surface area contributed by atoms with Crippen LogP contribution in [-0.2, 0) is 14.4 Å². The second-order valence-corrected chi connectivity index (χ2v) is 8.04. The molecule has 1 saturated heterocycles. The molecule has 2 fully saturated rings. The summed E-state index contributed by atoms with van der Waals surface area (Å²) >= 11 is 0. The summed E-state index contributed by atoms with van der Waals surface area (Å²) in [6, 6.07) is 14.9. The van der Waals surface area contributed by atoms with E-state index in [1.54, 1.807) is 12.1 Å². The Kier molecular flexibility index (Phi) is 5.84. The van der Waals surface area contributed by atoms with Crippen LogP contribution in [0.4, 0.5) is 5.69 Å². The molecule has 3 amide bonds. The van der Waals surface area contributed by atoms with E-state index in [0.717, 1.165) is 31.2 Å². The van der Waals surface area contributed by atoms with Gasteiger partial charge in [0.05, 0.1) is 17.5 Å². The Bertz CT molecular complexity index is 930. The van der Waals surface area contributed by atoms with Crippen LogP contribution in [0.2, 0.25) is 0 Å². The lowest BCUT2D eigenvalue weighted by atomic mass is 9.81. The van der Waals surface area contributed by atoms with Crippen LogP contribution in [0.5, 0.6) is 11.5 Å². The van der Waals surface area contributed by atoms with Crippen LogP contribution in [-0.4, -0.2) is 29.2 Å². The normalized spacial score (nSPS) is 20.8. The maximum absolute atomic E-state index is 12.6. The molecular weight excluding hydrogens is 380 g/mol. The SMILES string of the molecule is Cc1ccc(Oc2ccccc2NC(=O)CCN2C(=O)[C@H]3CCCC[C@H]3C2=O)cc1. The number of hydrogen-bond acceptors (Lipinski definition) is 4. The zero-order chi connectivity index (χ0) is 21.1. The molecular formula is C24H26N2O4. The average Bonchev–Trinajstić information content (AvgIpc) is 3.00. The predicted octanol–water partition coefficient (Wildman–Crippen LogP) is 4.29. The van der Waals surface area contributed by atoms with Crippen LogP contribution >= 0.6 is 0 Å². The van der Waals surface area contributed by atoms with Gasteiger partial charge in [0.1, 0.15) is 5.75 Å². The zero-order valence-corrected chi connectivity index (χ0v) is 17.1. The fourth-order valence-corrected chi connectivity index (χ4v) is 4.27. The minimum atomic E-state index is -0.259. The van der Waals surface area contributed by atoms with Crippen molar-refractivity contribution in [1.29, 1.82) is 0 Å². The van der Waals surface area contributed by atoms with Crippen LogP contribution < -0.4 is 10.1 Å². The quantitative estimate of drug-likeness (QED) is 0.726. The number of aryl methyl sites for hydroxylation is 1. The number of imide groups is 1. The van der Waals surface area contributed by atoms with Gasteiger partial charge in [-0.2, -0.15) is 0 Å². The smallest absolute Gasteiger partial charge is 0.233 e. The molecule has 2 aliphatic rings. The van der Waals surface area contributed by atoms with Crippen LogP contribution in [0.3, 0.4) is 0 Å². The predicted molar refractivity (Wildman–Crippen MR) is 113 cm³/mol. The number of rotatable bonds is 6. The van der Waals surface area contributed by atoms with E-state index in [4.69, 9.17) is 4.74 Å². The largest absolute Gasteiger partial charge is 0.455 e. The van der Waals surface area contributed by atoms with Crippen LogP contribution in [0.15, 0.2) is 48.5 Å². The lowest BCUT2D eigenvalue weighted by molar-refractivity contribution is -0.140. The molecule has 2 aromatic carbocycles. The third-order valence-corrected chi connectivity index (χ3v) is 5.90. The minimum absolute atomic E-state index is 0.0653. The molecule has 2 aromatic rings. The van der Waals surface area contributed by atoms with Crippen molar-refractivity contribution in [3.05, 3.63) is 54.1 Å². The Hall–Kier alpha value is -3.15. The van der Waals surface area contributed by atoms with Crippen molar-refractivity contribution in [3.63, 3.8) is 0 Å². The van der Waals surface area contributed by atoms with Crippen molar-refractivity contribution in [2.45, 2.75) is 39.0 Å². The van der Waals surface area contributed by atoms with Crippen molar-refractivity contribution >= 4 is 23.4 Å². The van der Waals surface area contributed by atoms with Gasteiger partial charge >= 0.3 is 0 Å². The monoisotopic (exact) mass is 406 g/mol. The molecule has 1 heterocycles. The highest BCUT2D eigenvalue weighted by molar-refractivity contribution is 6.05. The second kappa shape index (κ2) is 8.69. The number of carbonyl (C=O) groups is 3. The average molecular weight is 406 g/mol. The van der Waals surface area contributed by atoms with Gasteiger partial charge < -0.3 is 10.1 Å². The molecule has 4 rings (SSSR count). The Morgan fingerprint density at radius 3 is 2.30 bits per heavy atom. The first-order chi connectivity index (χ1) is 14.5. The molecule has 30 heavy (non-hydrogen) atoms. The molecule has 2 atom stereocenters. The van der Waals surface area contributed by atoms with Crippen molar-refractivity contribution in [1.82, 2.24) is 4.90 Å². The Balaban J connectivity index is 1.37. The summed E-state index contributed by atoms with van der Waals surface area (Å²) < 4.78 is 5.91. The van der Waals surface area contributed by atoms with Gasteiger partial charge in [0.2, 0.25) is 17.7 Å². The number of amides is 3. The lowest BCUT2D eigenvalue weighted by Gasteiger charge is -2.19. The third kappa shape index (κ3) is 4.22. The molecule has 156 valence electrons. The van der Waals surface area contributed by atoms with Crippen molar-refractivity contribution in [2.75, 3.05) is 11.9 Å². The first-order valence-electron chi connectivity index (χ1n) is 10.5. The van der Waals surface area contributed by atoms with E-state index in [1.807, 2.05) is 43.3 Å². The van der Waals surface area contributed by atoms with E-state index >= 15 is 0 Å². The number of hydrogen-bond donors (Lipinski definition) is 1. The zero-order valence-electron chi connectivity index (χ0n) is 17.1. The van der Waals surface area contributed by atoms with E-state index in [1.165, 1.54) is 4.90 Å². The number of nitrogens with one attached hydrogen (secondary N) is 1. The van der Waals surface area contributed by atoms with Crippen molar-refractivity contribution in [3.8, 4) is 11.5 Å². The molecule has 0 aromatic heterocycles. The Labute approximate surface area is 176 Å². The van der Waals surface area contributed by atoms with Crippen LogP contribution in [0.1, 0.15) is 37.7 Å². The molecule has 0 radical (unpaired) electrons. The number of fused-ring (bicyclic) bond motifs is 1. The summed E-state index contributed by atoms with van der Waals surface area (Å²) in [6.07, 6.45) is 3.61. The second-order valence-electron chi connectivity index (χ2n) is 8.04. The summed E-state index contributed by atoms with van der Waals surface area (Å²) in [7, 11) is 0. The molecule has 1 aliphatic heterocycles. The maximum Gasteiger partial charge on any atom is 0.233 e. The van der Waals surface area contributed by atoms with E-state index in [-0.39, 0.29) is 42.5 Å². The van der Waals surface area contributed by atoms with Gasteiger partial charge in [-0.1, -0.05) is 42.7 Å². The molecule has 0 bridgehead atoms. The number of carbonyl (C=O) groups excluding carboxylic acids is 3. The molecule has 1 saturated carbocycles. The van der Waals surface area contributed by atoms with Gasteiger partial charge in [-0.25, -0.2) is 0 Å². The topological polar surface area (TPSA) is 75.7 Å². The number of nitrogens with zero attached hydrogens (tertiary/aromatic N) is 1. The Morgan fingerprint density at radius 1 is 1.00 bits per heavy atom. The van der Waals surface area contributed by atoms with Gasteiger partial charge in [0, 0.05) is 13.0 Å². The summed E-state index contributed by atoms with van der Waals surface area (Å²) in [5.74, 6) is 0.370. The minimum Gasteiger partial charge on any atom is -0.455 e. The van der Waals surface area contributed by atoms with E-state index in [9.17, 15) is 14.4 Å². The number of para-hydroxylation sites is 2. The van der Waals surface area contributed by atoms with Gasteiger partial charge in [-0.3, -0.25) is 19.3 Å². The summed E-state index contributed by atoms with van der Waals surface area (Å²) in [5, 5.41) is 2.85. The van der Waals surface area contributed by atoms with Crippen LogP contribution in [0.25, 0.3) is 0 Å². The fourth-order valence-electron chi connectivity index (χ4n) is 4.27. The molecule has 0 unspecified atom stereocenters. The van der Waals surface area contributed by atoms with Gasteiger partial charge in [0.15, 0.2) is 5.75 Å². The lowest BCUT2D eigenvalue weighted by Crippen LogP contribution is -2.34.